The molecule has 0 atom stereocenters. The molecule has 14 heavy (non-hydrogen) atoms. The van der Waals surface area contributed by atoms with Gasteiger partial charge in [-0.25, -0.2) is 0 Å². The third-order valence-electron chi connectivity index (χ3n) is 1.97. The Labute approximate surface area is 83.1 Å². The summed E-state index contributed by atoms with van der Waals surface area (Å²) in [6.07, 6.45) is 0. The molecule has 0 amide bonds. The fourth-order valence-corrected chi connectivity index (χ4v) is 1.26. The van der Waals surface area contributed by atoms with E-state index in [4.69, 9.17) is 10.4 Å². The molecule has 0 unspecified atom stereocenters. The van der Waals surface area contributed by atoms with Crippen LogP contribution in [0.1, 0.15) is 30.9 Å². The topological polar surface area (TPSA) is 58.0 Å². The molecule has 0 aliphatic heterocycles. The molecule has 0 saturated carbocycles. The number of benzene rings is 1. The minimum absolute atomic E-state index is 0.347. The molecule has 0 aromatic heterocycles. The molecule has 0 fully saturated rings. The molecule has 74 valence electrons. The van der Waals surface area contributed by atoms with Crippen LogP contribution in [-0.2, 0) is 0 Å². The summed E-state index contributed by atoms with van der Waals surface area (Å²) in [6, 6.07) is 5.87. The van der Waals surface area contributed by atoms with E-state index in [2.05, 4.69) is 24.0 Å². The first kappa shape index (κ1) is 10.4. The van der Waals surface area contributed by atoms with E-state index in [0.717, 1.165) is 11.1 Å². The van der Waals surface area contributed by atoms with Crippen molar-refractivity contribution in [3.63, 3.8) is 0 Å². The van der Waals surface area contributed by atoms with Gasteiger partial charge in [0.15, 0.2) is 0 Å². The van der Waals surface area contributed by atoms with Crippen molar-refractivity contribution in [2.24, 2.45) is 5.28 Å². The number of rotatable bonds is 3. The zero-order valence-electron chi connectivity index (χ0n) is 8.56. The van der Waals surface area contributed by atoms with Crippen molar-refractivity contribution in [2.45, 2.75) is 26.7 Å². The third kappa shape index (κ3) is 2.41. The number of nitrogens with zero attached hydrogens (tertiary/aromatic N) is 3. The van der Waals surface area contributed by atoms with Crippen LogP contribution < -0.4 is 4.84 Å². The van der Waals surface area contributed by atoms with Crippen molar-refractivity contribution in [2.75, 3.05) is 0 Å². The minimum atomic E-state index is 0.347. The first-order valence-corrected chi connectivity index (χ1v) is 4.47. The predicted octanol–water partition coefficient (Wildman–Crippen LogP) is 3.72. The van der Waals surface area contributed by atoms with E-state index in [9.17, 15) is 0 Å². The fourth-order valence-electron chi connectivity index (χ4n) is 1.26. The highest BCUT2D eigenvalue weighted by atomic mass is 16.6. The van der Waals surface area contributed by atoms with Crippen molar-refractivity contribution < 1.29 is 4.84 Å². The monoisotopic (exact) mass is 191 g/mol. The Balaban J connectivity index is 3.08. The molecular formula is C10H13N3O. The number of hydrogen-bond acceptors (Lipinski definition) is 2. The molecule has 0 aliphatic rings. The van der Waals surface area contributed by atoms with E-state index in [0.29, 0.717) is 11.7 Å². The summed E-state index contributed by atoms with van der Waals surface area (Å²) in [6.45, 7) is 6.09. The van der Waals surface area contributed by atoms with Crippen LogP contribution in [-0.4, -0.2) is 0 Å². The van der Waals surface area contributed by atoms with Crippen LogP contribution in [0.4, 0.5) is 0 Å². The van der Waals surface area contributed by atoms with Gasteiger partial charge in [0.25, 0.3) is 0 Å². The van der Waals surface area contributed by atoms with Crippen LogP contribution in [0.15, 0.2) is 23.5 Å². The quantitative estimate of drug-likeness (QED) is 0.311. The van der Waals surface area contributed by atoms with Gasteiger partial charge in [0, 0.05) is 4.91 Å². The lowest BCUT2D eigenvalue weighted by Crippen LogP contribution is -1.93. The van der Waals surface area contributed by atoms with Gasteiger partial charge in [-0.2, -0.15) is 0 Å². The summed E-state index contributed by atoms with van der Waals surface area (Å²) in [5.41, 5.74) is 10.3. The summed E-state index contributed by atoms with van der Waals surface area (Å²) < 4.78 is 0. The van der Waals surface area contributed by atoms with Gasteiger partial charge in [0.2, 0.25) is 0 Å². The Hall–Kier alpha value is -1.67. The smallest absolute Gasteiger partial charge is 0.140 e. The Morgan fingerprint density at radius 2 is 2.14 bits per heavy atom. The SMILES string of the molecule is Cc1ccc(C(C)C)c(ON=[N+]=[N-])c1. The van der Waals surface area contributed by atoms with Crippen molar-refractivity contribution in [1.82, 2.24) is 0 Å². The summed E-state index contributed by atoms with van der Waals surface area (Å²) in [5.74, 6) is 0.984. The van der Waals surface area contributed by atoms with Gasteiger partial charge in [0.05, 0.1) is 0 Å². The van der Waals surface area contributed by atoms with Crippen molar-refractivity contribution in [3.05, 3.63) is 39.8 Å². The first-order chi connectivity index (χ1) is 6.65. The highest BCUT2D eigenvalue weighted by molar-refractivity contribution is 5.38. The molecule has 0 radical (unpaired) electrons. The Morgan fingerprint density at radius 3 is 2.71 bits per heavy atom. The van der Waals surface area contributed by atoms with E-state index >= 15 is 0 Å². The maximum absolute atomic E-state index is 8.16. The minimum Gasteiger partial charge on any atom is -0.394 e. The fraction of sp³-hybridized carbons (Fsp3) is 0.400. The highest BCUT2D eigenvalue weighted by Crippen LogP contribution is 2.27. The molecule has 0 spiro atoms. The summed E-state index contributed by atoms with van der Waals surface area (Å²) in [5, 5.41) is 3.11. The second-order valence-corrected chi connectivity index (χ2v) is 3.46. The third-order valence-corrected chi connectivity index (χ3v) is 1.97. The molecule has 0 bridgehead atoms. The standard InChI is InChI=1S/C10H13N3O/c1-7(2)9-5-4-8(3)6-10(9)14-13-12-11/h4-7H,1-3H3. The molecule has 0 saturated heterocycles. The lowest BCUT2D eigenvalue weighted by atomic mass is 10.0. The van der Waals surface area contributed by atoms with Gasteiger partial charge < -0.3 is 4.84 Å². The van der Waals surface area contributed by atoms with Gasteiger partial charge in [-0.15, -0.1) is 0 Å². The molecule has 0 heterocycles. The maximum atomic E-state index is 8.16. The molecule has 1 aromatic rings. The molecular weight excluding hydrogens is 178 g/mol. The van der Waals surface area contributed by atoms with Crippen LogP contribution in [0.5, 0.6) is 5.75 Å². The Morgan fingerprint density at radius 1 is 1.43 bits per heavy atom. The molecule has 4 heteroatoms. The summed E-state index contributed by atoms with van der Waals surface area (Å²) >= 11 is 0. The van der Waals surface area contributed by atoms with Crippen LogP contribution in [0.2, 0.25) is 0 Å². The van der Waals surface area contributed by atoms with E-state index in [-0.39, 0.29) is 0 Å². The average Bonchev–Trinajstić information content (AvgIpc) is 2.14. The van der Waals surface area contributed by atoms with Gasteiger partial charge >= 0.3 is 0 Å². The highest BCUT2D eigenvalue weighted by Gasteiger charge is 2.07. The average molecular weight is 191 g/mol. The van der Waals surface area contributed by atoms with Gasteiger partial charge in [-0.05, 0) is 35.6 Å². The Kier molecular flexibility index (Phi) is 3.37. The lowest BCUT2D eigenvalue weighted by molar-refractivity contribution is 0.327. The zero-order valence-corrected chi connectivity index (χ0v) is 8.56. The summed E-state index contributed by atoms with van der Waals surface area (Å²) in [4.78, 5) is 7.50. The van der Waals surface area contributed by atoms with E-state index in [1.54, 1.807) is 0 Å². The van der Waals surface area contributed by atoms with Crippen LogP contribution >= 0.6 is 0 Å². The van der Waals surface area contributed by atoms with Crippen molar-refractivity contribution in [1.29, 1.82) is 0 Å². The number of aryl methyl sites for hydroxylation is 1. The van der Waals surface area contributed by atoms with Crippen LogP contribution in [0.25, 0.3) is 10.4 Å². The second kappa shape index (κ2) is 4.53. The molecule has 1 aromatic carbocycles. The molecule has 4 nitrogen and oxygen atoms in total. The van der Waals surface area contributed by atoms with Gasteiger partial charge in [0.1, 0.15) is 11.0 Å². The van der Waals surface area contributed by atoms with Gasteiger partial charge in [-0.1, -0.05) is 26.0 Å². The van der Waals surface area contributed by atoms with Crippen LogP contribution in [0.3, 0.4) is 0 Å². The van der Waals surface area contributed by atoms with Crippen LogP contribution in [0, 0.1) is 6.92 Å². The van der Waals surface area contributed by atoms with E-state index < -0.39 is 0 Å². The second-order valence-electron chi connectivity index (χ2n) is 3.46. The molecule has 1 rings (SSSR count). The normalized spacial score (nSPS) is 9.71. The maximum Gasteiger partial charge on any atom is 0.140 e. The number of hydrogen-bond donors (Lipinski definition) is 0. The summed E-state index contributed by atoms with van der Waals surface area (Å²) in [7, 11) is 0. The molecule has 0 N–H and O–H groups in total. The van der Waals surface area contributed by atoms with E-state index in [1.807, 2.05) is 25.1 Å². The van der Waals surface area contributed by atoms with Crippen molar-refractivity contribution in [3.8, 4) is 5.75 Å². The largest absolute Gasteiger partial charge is 0.394 e. The lowest BCUT2D eigenvalue weighted by Gasteiger charge is -2.10. The zero-order chi connectivity index (χ0) is 10.6. The van der Waals surface area contributed by atoms with Crippen molar-refractivity contribution >= 4 is 0 Å². The first-order valence-electron chi connectivity index (χ1n) is 4.47. The van der Waals surface area contributed by atoms with Gasteiger partial charge in [-0.3, -0.25) is 0 Å². The number of azide groups is 1. The van der Waals surface area contributed by atoms with E-state index in [1.165, 1.54) is 0 Å². The Bertz CT molecular complexity index is 368. The molecule has 0 aliphatic carbocycles. The predicted molar refractivity (Wildman–Crippen MR) is 55.0 cm³/mol.